The summed E-state index contributed by atoms with van der Waals surface area (Å²) in [5.41, 5.74) is 0.271. The smallest absolute Gasteiger partial charge is 0.257 e. The summed E-state index contributed by atoms with van der Waals surface area (Å²) in [7, 11) is -3.63. The van der Waals surface area contributed by atoms with Gasteiger partial charge in [0.1, 0.15) is 5.01 Å². The molecule has 1 aromatic carbocycles. The summed E-state index contributed by atoms with van der Waals surface area (Å²) in [6.45, 7) is 2.37. The molecule has 1 aromatic heterocycles. The lowest BCUT2D eigenvalue weighted by molar-refractivity contribution is 0.102. The highest BCUT2D eigenvalue weighted by Gasteiger charge is 2.21. The van der Waals surface area contributed by atoms with Gasteiger partial charge in [-0.05, 0) is 37.5 Å². The molecule has 1 heterocycles. The molecule has 2 aromatic rings. The fourth-order valence-electron chi connectivity index (χ4n) is 3.24. The SMILES string of the molecule is CCCCNS(=O)(=O)c1cccc(C(=O)Nc2nnc(C3CCCCC3)s2)c1. The number of unbranched alkanes of at least 4 members (excludes halogenated alkanes) is 1. The van der Waals surface area contributed by atoms with E-state index in [0.29, 0.717) is 17.6 Å². The number of carbonyl (C=O) groups excluding carboxylic acids is 1. The van der Waals surface area contributed by atoms with Crippen LogP contribution in [0.3, 0.4) is 0 Å². The van der Waals surface area contributed by atoms with Crippen molar-refractivity contribution in [2.45, 2.75) is 62.7 Å². The van der Waals surface area contributed by atoms with Crippen molar-refractivity contribution < 1.29 is 13.2 Å². The van der Waals surface area contributed by atoms with E-state index < -0.39 is 15.9 Å². The van der Waals surface area contributed by atoms with Crippen LogP contribution in [0.15, 0.2) is 29.2 Å². The van der Waals surface area contributed by atoms with Gasteiger partial charge in [0.05, 0.1) is 4.90 Å². The highest BCUT2D eigenvalue weighted by molar-refractivity contribution is 7.89. The summed E-state index contributed by atoms with van der Waals surface area (Å²) in [5.74, 6) is 0.0384. The number of nitrogens with one attached hydrogen (secondary N) is 2. The van der Waals surface area contributed by atoms with Crippen molar-refractivity contribution in [1.29, 1.82) is 0 Å². The minimum atomic E-state index is -3.63. The minimum Gasteiger partial charge on any atom is -0.296 e. The van der Waals surface area contributed by atoms with Gasteiger partial charge in [-0.1, -0.05) is 50.0 Å². The van der Waals surface area contributed by atoms with Crippen LogP contribution in [0.1, 0.15) is 73.2 Å². The Morgan fingerprint density at radius 2 is 2.00 bits per heavy atom. The van der Waals surface area contributed by atoms with Crippen molar-refractivity contribution in [3.8, 4) is 0 Å². The highest BCUT2D eigenvalue weighted by atomic mass is 32.2. The Balaban J connectivity index is 1.67. The molecule has 0 unspecified atom stereocenters. The largest absolute Gasteiger partial charge is 0.296 e. The predicted octanol–water partition coefficient (Wildman–Crippen LogP) is 3.92. The third-order valence-electron chi connectivity index (χ3n) is 4.84. The normalized spacial score (nSPS) is 15.5. The predicted molar refractivity (Wildman–Crippen MR) is 110 cm³/mol. The zero-order valence-electron chi connectivity index (χ0n) is 16.0. The average molecular weight is 423 g/mol. The topological polar surface area (TPSA) is 101 Å². The molecule has 0 atom stereocenters. The monoisotopic (exact) mass is 422 g/mol. The van der Waals surface area contributed by atoms with Gasteiger partial charge >= 0.3 is 0 Å². The van der Waals surface area contributed by atoms with Gasteiger partial charge in [-0.2, -0.15) is 0 Å². The lowest BCUT2D eigenvalue weighted by Crippen LogP contribution is -2.25. The molecule has 0 radical (unpaired) electrons. The number of hydrogen-bond acceptors (Lipinski definition) is 6. The van der Waals surface area contributed by atoms with Gasteiger partial charge in [-0.3, -0.25) is 10.1 Å². The number of aromatic nitrogens is 2. The Labute approximate surface area is 170 Å². The van der Waals surface area contributed by atoms with Crippen molar-refractivity contribution >= 4 is 32.4 Å². The van der Waals surface area contributed by atoms with Gasteiger partial charge < -0.3 is 0 Å². The van der Waals surface area contributed by atoms with Gasteiger partial charge in [0, 0.05) is 18.0 Å². The molecule has 2 N–H and O–H groups in total. The first kappa shape index (κ1) is 20.9. The number of rotatable bonds is 8. The second-order valence-corrected chi connectivity index (χ2v) is 9.79. The van der Waals surface area contributed by atoms with Crippen molar-refractivity contribution in [3.63, 3.8) is 0 Å². The molecular formula is C19H26N4O3S2. The maximum absolute atomic E-state index is 12.6. The molecule has 1 fully saturated rings. The molecule has 3 rings (SSSR count). The van der Waals surface area contributed by atoms with Gasteiger partial charge in [0.2, 0.25) is 15.2 Å². The number of sulfonamides is 1. The fraction of sp³-hybridized carbons (Fsp3) is 0.526. The van der Waals surface area contributed by atoms with Crippen LogP contribution >= 0.6 is 11.3 Å². The van der Waals surface area contributed by atoms with Gasteiger partial charge in [-0.25, -0.2) is 13.1 Å². The number of amides is 1. The van der Waals surface area contributed by atoms with E-state index in [0.717, 1.165) is 30.7 Å². The molecule has 152 valence electrons. The molecule has 0 aliphatic heterocycles. The van der Waals surface area contributed by atoms with E-state index in [2.05, 4.69) is 20.2 Å². The van der Waals surface area contributed by atoms with Crippen LogP contribution in [0, 0.1) is 0 Å². The van der Waals surface area contributed by atoms with Crippen molar-refractivity contribution in [2.24, 2.45) is 0 Å². The molecule has 0 bridgehead atoms. The Kier molecular flexibility index (Phi) is 7.14. The molecule has 1 aliphatic carbocycles. The van der Waals surface area contributed by atoms with Crippen LogP contribution in [-0.2, 0) is 10.0 Å². The number of anilines is 1. The van der Waals surface area contributed by atoms with Gasteiger partial charge in [-0.15, -0.1) is 10.2 Å². The third-order valence-corrected chi connectivity index (χ3v) is 7.30. The number of carbonyl (C=O) groups is 1. The molecule has 0 saturated heterocycles. The van der Waals surface area contributed by atoms with Crippen LogP contribution in [0.4, 0.5) is 5.13 Å². The van der Waals surface area contributed by atoms with Crippen molar-refractivity contribution in [3.05, 3.63) is 34.8 Å². The lowest BCUT2D eigenvalue weighted by atomic mass is 9.90. The van der Waals surface area contributed by atoms with E-state index >= 15 is 0 Å². The fourth-order valence-corrected chi connectivity index (χ4v) is 5.27. The van der Waals surface area contributed by atoms with Gasteiger partial charge in [0.25, 0.3) is 5.91 Å². The molecule has 28 heavy (non-hydrogen) atoms. The van der Waals surface area contributed by atoms with E-state index in [1.165, 1.54) is 42.7 Å². The molecule has 7 nitrogen and oxygen atoms in total. The van der Waals surface area contributed by atoms with Crippen LogP contribution in [0.25, 0.3) is 0 Å². The average Bonchev–Trinajstić information content (AvgIpc) is 3.17. The number of hydrogen-bond donors (Lipinski definition) is 2. The molecule has 1 amide bonds. The summed E-state index contributed by atoms with van der Waals surface area (Å²) >= 11 is 1.40. The van der Waals surface area contributed by atoms with Crippen molar-refractivity contribution in [1.82, 2.24) is 14.9 Å². The lowest BCUT2D eigenvalue weighted by Gasteiger charge is -2.18. The number of nitrogens with zero attached hydrogens (tertiary/aromatic N) is 2. The van der Waals surface area contributed by atoms with Crippen LogP contribution < -0.4 is 10.0 Å². The van der Waals surface area contributed by atoms with E-state index in [4.69, 9.17) is 0 Å². The minimum absolute atomic E-state index is 0.0800. The quantitative estimate of drug-likeness (QED) is 0.628. The molecular weight excluding hydrogens is 396 g/mol. The van der Waals surface area contributed by atoms with E-state index in [1.807, 2.05) is 6.92 Å². The summed E-state index contributed by atoms with van der Waals surface area (Å²) in [4.78, 5) is 12.6. The Morgan fingerprint density at radius 3 is 2.75 bits per heavy atom. The Bertz CT molecular complexity index is 905. The van der Waals surface area contributed by atoms with E-state index in [9.17, 15) is 13.2 Å². The highest BCUT2D eigenvalue weighted by Crippen LogP contribution is 2.35. The van der Waals surface area contributed by atoms with Crippen LogP contribution in [0.2, 0.25) is 0 Å². The zero-order chi connectivity index (χ0) is 20.0. The van der Waals surface area contributed by atoms with E-state index in [-0.39, 0.29) is 10.5 Å². The van der Waals surface area contributed by atoms with Crippen molar-refractivity contribution in [2.75, 3.05) is 11.9 Å². The summed E-state index contributed by atoms with van der Waals surface area (Å²) < 4.78 is 27.3. The molecule has 1 aliphatic rings. The van der Waals surface area contributed by atoms with Crippen LogP contribution in [-0.4, -0.2) is 31.1 Å². The first-order chi connectivity index (χ1) is 13.5. The first-order valence-electron chi connectivity index (χ1n) is 9.74. The van der Waals surface area contributed by atoms with Crippen LogP contribution in [0.5, 0.6) is 0 Å². The zero-order valence-corrected chi connectivity index (χ0v) is 17.6. The second-order valence-electron chi connectivity index (χ2n) is 7.01. The summed E-state index contributed by atoms with van der Waals surface area (Å²) in [5, 5.41) is 12.5. The molecule has 0 spiro atoms. The summed E-state index contributed by atoms with van der Waals surface area (Å²) in [6.07, 6.45) is 7.58. The maximum atomic E-state index is 12.6. The Morgan fingerprint density at radius 1 is 1.21 bits per heavy atom. The van der Waals surface area contributed by atoms with E-state index in [1.54, 1.807) is 12.1 Å². The second kappa shape index (κ2) is 9.58. The maximum Gasteiger partial charge on any atom is 0.257 e. The first-order valence-corrected chi connectivity index (χ1v) is 12.0. The van der Waals surface area contributed by atoms with Gasteiger partial charge in [0.15, 0.2) is 0 Å². The molecule has 9 heteroatoms. The number of benzene rings is 1. The molecule has 1 saturated carbocycles. The Hall–Kier alpha value is -1.84. The standard InChI is InChI=1S/C19H26N4O3S2/c1-2-3-12-20-28(25,26)16-11-7-10-15(13-16)17(24)21-19-23-22-18(27-19)14-8-5-4-6-9-14/h7,10-11,13-14,20H,2-6,8-9,12H2,1H3,(H,21,23,24). The summed E-state index contributed by atoms with van der Waals surface area (Å²) in [6, 6.07) is 6.02. The third kappa shape index (κ3) is 5.36.